The normalized spacial score (nSPS) is 31.0. The quantitative estimate of drug-likeness (QED) is 0.849. The zero-order valence-electron chi connectivity index (χ0n) is 11.6. The number of hydrogen-bond donors (Lipinski definition) is 1. The summed E-state index contributed by atoms with van der Waals surface area (Å²) in [5.41, 5.74) is 0. The molecule has 1 N–H and O–H groups in total. The lowest BCUT2D eigenvalue weighted by atomic mass is 9.78. The third-order valence-corrected chi connectivity index (χ3v) is 4.41. The number of halogens is 4. The topological polar surface area (TPSA) is 32.3 Å². The highest BCUT2D eigenvalue weighted by atomic mass is 35.5. The predicted octanol–water partition coefficient (Wildman–Crippen LogP) is 2.60. The molecular formula is C13H22ClF3N2O. The van der Waals surface area contributed by atoms with E-state index in [4.69, 9.17) is 0 Å². The van der Waals surface area contributed by atoms with Crippen molar-refractivity contribution < 1.29 is 18.0 Å². The number of likely N-dealkylation sites (N-methyl/N-ethyl adjacent to an activating group) is 1. The van der Waals surface area contributed by atoms with Gasteiger partial charge in [0, 0.05) is 25.0 Å². The minimum absolute atomic E-state index is 0. The van der Waals surface area contributed by atoms with Crippen molar-refractivity contribution in [1.82, 2.24) is 10.2 Å². The van der Waals surface area contributed by atoms with E-state index in [1.165, 1.54) is 0 Å². The van der Waals surface area contributed by atoms with Crippen molar-refractivity contribution in [3.63, 3.8) is 0 Å². The first kappa shape index (κ1) is 17.6. The molecule has 3 nitrogen and oxygen atoms in total. The molecule has 0 radical (unpaired) electrons. The summed E-state index contributed by atoms with van der Waals surface area (Å²) in [6, 6.07) is 0.219. The van der Waals surface area contributed by atoms with Crippen molar-refractivity contribution in [2.45, 2.75) is 44.3 Å². The molecule has 2 rings (SSSR count). The van der Waals surface area contributed by atoms with Gasteiger partial charge in [-0.2, -0.15) is 13.2 Å². The molecule has 1 saturated carbocycles. The van der Waals surface area contributed by atoms with Crippen LogP contribution in [0.4, 0.5) is 13.2 Å². The van der Waals surface area contributed by atoms with Crippen LogP contribution < -0.4 is 5.32 Å². The average molecular weight is 315 g/mol. The number of alkyl halides is 3. The van der Waals surface area contributed by atoms with Gasteiger partial charge in [-0.3, -0.25) is 4.79 Å². The van der Waals surface area contributed by atoms with Gasteiger partial charge in [0.2, 0.25) is 5.91 Å². The van der Waals surface area contributed by atoms with Crippen LogP contribution in [0.15, 0.2) is 0 Å². The van der Waals surface area contributed by atoms with Gasteiger partial charge in [-0.1, -0.05) is 12.8 Å². The second-order valence-corrected chi connectivity index (χ2v) is 5.60. The molecule has 0 spiro atoms. The van der Waals surface area contributed by atoms with E-state index < -0.39 is 18.0 Å². The molecule has 7 heteroatoms. The Morgan fingerprint density at radius 1 is 1.20 bits per heavy atom. The molecule has 0 aromatic carbocycles. The van der Waals surface area contributed by atoms with Gasteiger partial charge in [-0.25, -0.2) is 0 Å². The highest BCUT2D eigenvalue weighted by molar-refractivity contribution is 5.85. The molecule has 3 atom stereocenters. The Morgan fingerprint density at radius 2 is 1.85 bits per heavy atom. The Hall–Kier alpha value is -0.490. The SMILES string of the molecule is CNC1CCN(C(=O)C2CCCCC2C(F)(F)F)C1.Cl. The molecule has 3 unspecified atom stereocenters. The van der Waals surface area contributed by atoms with Crippen LogP contribution in [0.25, 0.3) is 0 Å². The molecule has 1 aliphatic heterocycles. The van der Waals surface area contributed by atoms with E-state index in [0.29, 0.717) is 25.9 Å². The van der Waals surface area contributed by atoms with Gasteiger partial charge in [0.05, 0.1) is 5.92 Å². The van der Waals surface area contributed by atoms with Crippen molar-refractivity contribution in [3.8, 4) is 0 Å². The number of rotatable bonds is 2. The third kappa shape index (κ3) is 3.79. The molecule has 1 amide bonds. The maximum Gasteiger partial charge on any atom is 0.392 e. The second-order valence-electron chi connectivity index (χ2n) is 5.60. The summed E-state index contributed by atoms with van der Waals surface area (Å²) >= 11 is 0. The summed E-state index contributed by atoms with van der Waals surface area (Å²) in [7, 11) is 1.82. The lowest BCUT2D eigenvalue weighted by molar-refractivity contribution is -0.200. The molecule has 0 aromatic rings. The van der Waals surface area contributed by atoms with Gasteiger partial charge >= 0.3 is 6.18 Å². The molecule has 2 fully saturated rings. The predicted molar refractivity (Wildman–Crippen MR) is 72.8 cm³/mol. The van der Waals surface area contributed by atoms with Crippen molar-refractivity contribution >= 4 is 18.3 Å². The van der Waals surface area contributed by atoms with Crippen molar-refractivity contribution in [1.29, 1.82) is 0 Å². The highest BCUT2D eigenvalue weighted by Crippen LogP contribution is 2.42. The molecule has 2 aliphatic rings. The summed E-state index contributed by atoms with van der Waals surface area (Å²) < 4.78 is 39.0. The van der Waals surface area contributed by atoms with Crippen LogP contribution >= 0.6 is 12.4 Å². The van der Waals surface area contributed by atoms with E-state index in [1.807, 2.05) is 7.05 Å². The molecule has 20 heavy (non-hydrogen) atoms. The van der Waals surface area contributed by atoms with Crippen LogP contribution in [0.5, 0.6) is 0 Å². The molecule has 0 aromatic heterocycles. The molecule has 1 heterocycles. The fourth-order valence-electron chi connectivity index (χ4n) is 3.25. The van der Waals surface area contributed by atoms with Crippen LogP contribution in [-0.2, 0) is 4.79 Å². The maximum absolute atomic E-state index is 13.0. The van der Waals surface area contributed by atoms with Crippen LogP contribution in [0.1, 0.15) is 32.1 Å². The van der Waals surface area contributed by atoms with Gasteiger partial charge in [-0.05, 0) is 26.3 Å². The molecule has 1 saturated heterocycles. The lowest BCUT2D eigenvalue weighted by Crippen LogP contribution is -2.44. The summed E-state index contributed by atoms with van der Waals surface area (Å²) in [4.78, 5) is 13.9. The van der Waals surface area contributed by atoms with Crippen LogP contribution in [-0.4, -0.2) is 43.2 Å². The fraction of sp³-hybridized carbons (Fsp3) is 0.923. The lowest BCUT2D eigenvalue weighted by Gasteiger charge is -2.34. The number of amides is 1. The third-order valence-electron chi connectivity index (χ3n) is 4.41. The Labute approximate surface area is 123 Å². The second kappa shape index (κ2) is 6.98. The van der Waals surface area contributed by atoms with E-state index in [0.717, 1.165) is 12.8 Å². The molecular weight excluding hydrogens is 293 g/mol. The number of carbonyl (C=O) groups excluding carboxylic acids is 1. The number of likely N-dealkylation sites (tertiary alicyclic amines) is 1. The number of nitrogens with one attached hydrogen (secondary N) is 1. The summed E-state index contributed by atoms with van der Waals surface area (Å²) in [6.45, 7) is 1.11. The van der Waals surface area contributed by atoms with Gasteiger partial charge in [0.15, 0.2) is 0 Å². The monoisotopic (exact) mass is 314 g/mol. The maximum atomic E-state index is 13.0. The molecule has 118 valence electrons. The number of nitrogens with zero attached hydrogens (tertiary/aromatic N) is 1. The minimum atomic E-state index is -4.25. The zero-order valence-corrected chi connectivity index (χ0v) is 12.4. The van der Waals surface area contributed by atoms with Crippen molar-refractivity contribution in [2.24, 2.45) is 11.8 Å². The first-order valence-electron chi connectivity index (χ1n) is 6.96. The first-order valence-corrected chi connectivity index (χ1v) is 6.96. The molecule has 0 bridgehead atoms. The van der Waals surface area contributed by atoms with Crippen LogP contribution in [0.3, 0.4) is 0 Å². The van der Waals surface area contributed by atoms with E-state index in [1.54, 1.807) is 4.90 Å². The average Bonchev–Trinajstić information content (AvgIpc) is 2.85. The van der Waals surface area contributed by atoms with Crippen molar-refractivity contribution in [2.75, 3.05) is 20.1 Å². The van der Waals surface area contributed by atoms with Crippen molar-refractivity contribution in [3.05, 3.63) is 0 Å². The summed E-state index contributed by atoms with van der Waals surface area (Å²) in [6.07, 6.45) is -1.64. The van der Waals surface area contributed by atoms with E-state index in [9.17, 15) is 18.0 Å². The van der Waals surface area contributed by atoms with Gasteiger partial charge in [-0.15, -0.1) is 12.4 Å². The zero-order chi connectivity index (χ0) is 14.0. The largest absolute Gasteiger partial charge is 0.392 e. The molecule has 1 aliphatic carbocycles. The van der Waals surface area contributed by atoms with E-state index >= 15 is 0 Å². The Balaban J connectivity index is 0.00000200. The van der Waals surface area contributed by atoms with Gasteiger partial charge in [0.1, 0.15) is 0 Å². The summed E-state index contributed by atoms with van der Waals surface area (Å²) in [5.74, 6) is -2.59. The number of carbonyl (C=O) groups is 1. The van der Waals surface area contributed by atoms with E-state index in [2.05, 4.69) is 5.32 Å². The van der Waals surface area contributed by atoms with Crippen LogP contribution in [0, 0.1) is 11.8 Å². The first-order chi connectivity index (χ1) is 8.93. The fourth-order valence-corrected chi connectivity index (χ4v) is 3.25. The summed E-state index contributed by atoms with van der Waals surface area (Å²) in [5, 5.41) is 3.08. The Bertz CT molecular complexity index is 338. The van der Waals surface area contributed by atoms with Gasteiger partial charge < -0.3 is 10.2 Å². The standard InChI is InChI=1S/C13H21F3N2O.ClH/c1-17-9-6-7-18(8-9)12(19)10-4-2-3-5-11(10)13(14,15)16;/h9-11,17H,2-8H2,1H3;1H. The Morgan fingerprint density at radius 3 is 2.40 bits per heavy atom. The van der Waals surface area contributed by atoms with Gasteiger partial charge in [0.25, 0.3) is 0 Å². The Kier molecular flexibility index (Phi) is 6.13. The highest BCUT2D eigenvalue weighted by Gasteiger charge is 2.49. The van der Waals surface area contributed by atoms with E-state index in [-0.39, 0.29) is 30.8 Å². The minimum Gasteiger partial charge on any atom is -0.341 e. The van der Waals surface area contributed by atoms with Crippen LogP contribution in [0.2, 0.25) is 0 Å². The number of hydrogen-bond acceptors (Lipinski definition) is 2. The smallest absolute Gasteiger partial charge is 0.341 e.